The van der Waals surface area contributed by atoms with Gasteiger partial charge in [0.25, 0.3) is 0 Å². The van der Waals surface area contributed by atoms with Crippen molar-refractivity contribution in [1.29, 1.82) is 0 Å². The minimum atomic E-state index is -0.763. The smallest absolute Gasteiger partial charge is 0.306 e. The fraction of sp³-hybridized carbons (Fsp3) is 0.948. The van der Waals surface area contributed by atoms with E-state index in [0.29, 0.717) is 19.3 Å². The van der Waals surface area contributed by atoms with Crippen LogP contribution in [0.2, 0.25) is 0 Å². The number of carbonyl (C=O) groups excluding carboxylic acids is 3. The molecule has 0 aliphatic carbocycles. The highest BCUT2D eigenvalue weighted by Gasteiger charge is 2.19. The molecule has 0 heterocycles. The van der Waals surface area contributed by atoms with E-state index in [4.69, 9.17) is 14.2 Å². The molecule has 0 saturated heterocycles. The number of esters is 3. The van der Waals surface area contributed by atoms with E-state index in [2.05, 4.69) is 34.6 Å². The fourth-order valence-corrected chi connectivity index (χ4v) is 8.84. The maximum atomic E-state index is 12.8. The Bertz CT molecular complexity index is 980. The molecule has 0 spiro atoms. The molecule has 0 fully saturated rings. The molecule has 0 amide bonds. The molecular formula is C58H112O6. The minimum Gasteiger partial charge on any atom is -0.462 e. The molecule has 0 saturated carbocycles. The third-order valence-electron chi connectivity index (χ3n) is 13.6. The van der Waals surface area contributed by atoms with Crippen LogP contribution in [0.5, 0.6) is 0 Å². The fourth-order valence-electron chi connectivity index (χ4n) is 8.84. The number of hydrogen-bond donors (Lipinski definition) is 0. The van der Waals surface area contributed by atoms with Crippen molar-refractivity contribution in [3.63, 3.8) is 0 Å². The van der Waals surface area contributed by atoms with E-state index in [9.17, 15) is 14.4 Å². The SMILES string of the molecule is CCCCCCCCCCCCCCCCC(=O)OC[C@@H](COC(=O)CCCCCCCCCCCCCCCCCC(C)C)OC(=O)CCCCCCCCCCCCC(C)CC. The van der Waals surface area contributed by atoms with Crippen LogP contribution in [0.3, 0.4) is 0 Å². The summed E-state index contributed by atoms with van der Waals surface area (Å²) in [7, 11) is 0. The Morgan fingerprint density at radius 1 is 0.328 bits per heavy atom. The van der Waals surface area contributed by atoms with E-state index >= 15 is 0 Å². The monoisotopic (exact) mass is 905 g/mol. The summed E-state index contributed by atoms with van der Waals surface area (Å²) in [6, 6.07) is 0. The van der Waals surface area contributed by atoms with Gasteiger partial charge in [-0.3, -0.25) is 14.4 Å². The van der Waals surface area contributed by atoms with E-state index < -0.39 is 6.10 Å². The first-order chi connectivity index (χ1) is 31.3. The van der Waals surface area contributed by atoms with Crippen LogP contribution in [0.4, 0.5) is 0 Å². The number of rotatable bonds is 52. The lowest BCUT2D eigenvalue weighted by molar-refractivity contribution is -0.167. The molecule has 64 heavy (non-hydrogen) atoms. The lowest BCUT2D eigenvalue weighted by Crippen LogP contribution is -2.30. The number of hydrogen-bond acceptors (Lipinski definition) is 6. The maximum absolute atomic E-state index is 12.8. The van der Waals surface area contributed by atoms with Gasteiger partial charge in [0, 0.05) is 19.3 Å². The first kappa shape index (κ1) is 62.4. The van der Waals surface area contributed by atoms with Gasteiger partial charge in [-0.1, -0.05) is 285 Å². The van der Waals surface area contributed by atoms with Gasteiger partial charge in [0.05, 0.1) is 0 Å². The predicted molar refractivity (Wildman–Crippen MR) is 275 cm³/mol. The van der Waals surface area contributed by atoms with Crippen molar-refractivity contribution >= 4 is 17.9 Å². The molecule has 6 heteroatoms. The summed E-state index contributed by atoms with van der Waals surface area (Å²) in [4.78, 5) is 38.1. The Labute approximate surface area is 399 Å². The van der Waals surface area contributed by atoms with Crippen LogP contribution in [0, 0.1) is 11.8 Å². The highest BCUT2D eigenvalue weighted by molar-refractivity contribution is 5.71. The summed E-state index contributed by atoms with van der Waals surface area (Å²) < 4.78 is 16.9. The van der Waals surface area contributed by atoms with Crippen LogP contribution >= 0.6 is 0 Å². The highest BCUT2D eigenvalue weighted by Crippen LogP contribution is 2.18. The second kappa shape index (κ2) is 50.8. The summed E-state index contributed by atoms with van der Waals surface area (Å²) in [6.07, 6.45) is 53.7. The van der Waals surface area contributed by atoms with Crippen molar-refractivity contribution in [2.45, 2.75) is 330 Å². The molecule has 0 aromatic rings. The van der Waals surface area contributed by atoms with Gasteiger partial charge < -0.3 is 14.2 Å². The van der Waals surface area contributed by atoms with E-state index in [-0.39, 0.29) is 31.1 Å². The molecule has 2 atom stereocenters. The molecule has 0 rings (SSSR count). The molecule has 0 bridgehead atoms. The standard InChI is InChI=1S/C58H112O6/c1-6-8-9-10-11-12-13-14-19-22-28-33-38-43-48-56(59)62-51-55(64-58(61)50-45-40-35-30-25-24-27-32-37-42-47-54(5)7-2)52-63-57(60)49-44-39-34-29-23-20-17-15-16-18-21-26-31-36-41-46-53(3)4/h53-55H,6-52H2,1-5H3/t54?,55-/m0/s1. The van der Waals surface area contributed by atoms with E-state index in [1.165, 1.54) is 212 Å². The molecule has 6 nitrogen and oxygen atoms in total. The molecule has 0 aromatic heterocycles. The molecule has 1 unspecified atom stereocenters. The topological polar surface area (TPSA) is 78.9 Å². The van der Waals surface area contributed by atoms with Gasteiger partial charge in [-0.15, -0.1) is 0 Å². The van der Waals surface area contributed by atoms with Crippen LogP contribution in [-0.2, 0) is 28.6 Å². The molecule has 0 aliphatic rings. The van der Waals surface area contributed by atoms with Crippen molar-refractivity contribution in [1.82, 2.24) is 0 Å². The van der Waals surface area contributed by atoms with Gasteiger partial charge in [-0.05, 0) is 31.1 Å². The van der Waals surface area contributed by atoms with Crippen molar-refractivity contribution in [3.8, 4) is 0 Å². The Balaban J connectivity index is 4.29. The average molecular weight is 906 g/mol. The number of carbonyl (C=O) groups is 3. The summed E-state index contributed by atoms with van der Waals surface area (Å²) in [5, 5.41) is 0. The third kappa shape index (κ3) is 49.8. The van der Waals surface area contributed by atoms with Crippen molar-refractivity contribution in [2.75, 3.05) is 13.2 Å². The molecule has 0 radical (unpaired) electrons. The number of unbranched alkanes of at least 4 members (excludes halogenated alkanes) is 36. The Kier molecular flexibility index (Phi) is 49.6. The zero-order valence-corrected chi connectivity index (χ0v) is 43.9. The van der Waals surface area contributed by atoms with Gasteiger partial charge in [0.15, 0.2) is 6.10 Å². The summed E-state index contributed by atoms with van der Waals surface area (Å²) in [6.45, 7) is 11.4. The molecule has 380 valence electrons. The van der Waals surface area contributed by atoms with Crippen molar-refractivity contribution in [3.05, 3.63) is 0 Å². The Morgan fingerprint density at radius 3 is 0.891 bits per heavy atom. The molecule has 0 aromatic carbocycles. The van der Waals surface area contributed by atoms with Crippen LogP contribution in [0.25, 0.3) is 0 Å². The van der Waals surface area contributed by atoms with Gasteiger partial charge >= 0.3 is 17.9 Å². The van der Waals surface area contributed by atoms with Crippen LogP contribution in [-0.4, -0.2) is 37.2 Å². The van der Waals surface area contributed by atoms with Crippen molar-refractivity contribution in [2.24, 2.45) is 11.8 Å². The average Bonchev–Trinajstić information content (AvgIpc) is 3.28. The Morgan fingerprint density at radius 2 is 0.594 bits per heavy atom. The minimum absolute atomic E-state index is 0.0628. The van der Waals surface area contributed by atoms with Crippen LogP contribution < -0.4 is 0 Å². The van der Waals surface area contributed by atoms with Crippen LogP contribution in [0.1, 0.15) is 324 Å². The summed E-state index contributed by atoms with van der Waals surface area (Å²) in [5.41, 5.74) is 0. The largest absolute Gasteiger partial charge is 0.462 e. The van der Waals surface area contributed by atoms with Gasteiger partial charge in [-0.25, -0.2) is 0 Å². The maximum Gasteiger partial charge on any atom is 0.306 e. The van der Waals surface area contributed by atoms with E-state index in [0.717, 1.165) is 69.6 Å². The predicted octanol–water partition coefficient (Wildman–Crippen LogP) is 18.9. The van der Waals surface area contributed by atoms with Gasteiger partial charge in [0.2, 0.25) is 0 Å². The Hall–Kier alpha value is -1.59. The quantitative estimate of drug-likeness (QED) is 0.0344. The zero-order valence-electron chi connectivity index (χ0n) is 43.9. The third-order valence-corrected chi connectivity index (χ3v) is 13.6. The molecule has 0 N–H and O–H groups in total. The molecule has 0 aliphatic heterocycles. The lowest BCUT2D eigenvalue weighted by atomic mass is 9.99. The van der Waals surface area contributed by atoms with E-state index in [1.54, 1.807) is 0 Å². The summed E-state index contributed by atoms with van der Waals surface area (Å²) >= 11 is 0. The van der Waals surface area contributed by atoms with Crippen LogP contribution in [0.15, 0.2) is 0 Å². The normalized spacial score (nSPS) is 12.5. The zero-order chi connectivity index (χ0) is 46.8. The van der Waals surface area contributed by atoms with Crippen molar-refractivity contribution < 1.29 is 28.6 Å². The number of ether oxygens (including phenoxy) is 3. The van der Waals surface area contributed by atoms with E-state index in [1.807, 2.05) is 0 Å². The lowest BCUT2D eigenvalue weighted by Gasteiger charge is -2.18. The second-order valence-corrected chi connectivity index (χ2v) is 20.6. The van der Waals surface area contributed by atoms with Gasteiger partial charge in [-0.2, -0.15) is 0 Å². The first-order valence-electron chi connectivity index (χ1n) is 28.8. The highest BCUT2D eigenvalue weighted by atomic mass is 16.6. The molecular weight excluding hydrogens is 793 g/mol. The first-order valence-corrected chi connectivity index (χ1v) is 28.8. The second-order valence-electron chi connectivity index (χ2n) is 20.6. The summed E-state index contributed by atoms with van der Waals surface area (Å²) in [5.74, 6) is 0.877. The van der Waals surface area contributed by atoms with Gasteiger partial charge in [0.1, 0.15) is 13.2 Å².